The molecule has 0 aliphatic heterocycles. The van der Waals surface area contributed by atoms with Crippen LogP contribution in [0.3, 0.4) is 0 Å². The maximum absolute atomic E-state index is 12.4. The van der Waals surface area contributed by atoms with Crippen LogP contribution in [0, 0.1) is 0 Å². The van der Waals surface area contributed by atoms with Crippen molar-refractivity contribution < 1.29 is 17.9 Å². The minimum atomic E-state index is -4.77. The molecular formula is C14H7BrF3N3O2. The van der Waals surface area contributed by atoms with Crippen molar-refractivity contribution in [2.75, 3.05) is 0 Å². The average molecular weight is 386 g/mol. The summed E-state index contributed by atoms with van der Waals surface area (Å²) in [6.45, 7) is 0. The lowest BCUT2D eigenvalue weighted by Gasteiger charge is -2.10. The van der Waals surface area contributed by atoms with E-state index < -0.39 is 11.9 Å². The molecule has 9 heteroatoms. The highest BCUT2D eigenvalue weighted by Gasteiger charge is 2.31. The molecule has 118 valence electrons. The van der Waals surface area contributed by atoms with Crippen LogP contribution in [0.5, 0.6) is 5.75 Å². The molecule has 23 heavy (non-hydrogen) atoms. The molecule has 2 heterocycles. The zero-order valence-corrected chi connectivity index (χ0v) is 12.8. The first-order chi connectivity index (χ1) is 10.8. The van der Waals surface area contributed by atoms with E-state index in [2.05, 4.69) is 30.7 Å². The van der Waals surface area contributed by atoms with Crippen LogP contribution in [0.2, 0.25) is 0 Å². The Bertz CT molecular complexity index is 923. The van der Waals surface area contributed by atoms with E-state index in [1.807, 2.05) is 0 Å². The summed E-state index contributed by atoms with van der Waals surface area (Å²) in [5, 5.41) is 5.04. The van der Waals surface area contributed by atoms with Crippen molar-refractivity contribution in [3.8, 4) is 11.4 Å². The van der Waals surface area contributed by atoms with Gasteiger partial charge in [0.1, 0.15) is 10.4 Å². The first-order valence-electron chi connectivity index (χ1n) is 6.24. The highest BCUT2D eigenvalue weighted by Crippen LogP contribution is 2.24. The van der Waals surface area contributed by atoms with E-state index >= 15 is 0 Å². The Hall–Kier alpha value is -2.42. The largest absolute Gasteiger partial charge is 0.573 e. The van der Waals surface area contributed by atoms with Crippen LogP contribution in [-0.2, 0) is 0 Å². The number of hydrogen-bond donors (Lipinski definition) is 0. The summed E-state index contributed by atoms with van der Waals surface area (Å²) >= 11 is 3.26. The molecule has 0 atom stereocenters. The Balaban J connectivity index is 2.07. The Morgan fingerprint density at radius 1 is 1.09 bits per heavy atom. The van der Waals surface area contributed by atoms with Crippen LogP contribution in [0.4, 0.5) is 13.2 Å². The predicted octanol–water partition coefficient (Wildman–Crippen LogP) is 3.44. The summed E-state index contributed by atoms with van der Waals surface area (Å²) in [5.74, 6) is -0.379. The van der Waals surface area contributed by atoms with Gasteiger partial charge in [-0.15, -0.1) is 13.2 Å². The number of halogens is 4. The van der Waals surface area contributed by atoms with Gasteiger partial charge in [0, 0.05) is 17.8 Å². The molecule has 0 unspecified atom stereocenters. The topological polar surface area (TPSA) is 57.0 Å². The lowest BCUT2D eigenvalue weighted by atomic mass is 10.2. The van der Waals surface area contributed by atoms with Crippen LogP contribution in [0.25, 0.3) is 16.5 Å². The lowest BCUT2D eigenvalue weighted by molar-refractivity contribution is -0.274. The SMILES string of the molecule is O=c1c2cnccc2c(Br)nn1-c1ccc(OC(F)(F)F)cc1. The summed E-state index contributed by atoms with van der Waals surface area (Å²) in [6, 6.07) is 6.48. The van der Waals surface area contributed by atoms with Crippen LogP contribution in [-0.4, -0.2) is 21.1 Å². The number of benzene rings is 1. The summed E-state index contributed by atoms with van der Waals surface area (Å²) in [5.41, 5.74) is -0.128. The van der Waals surface area contributed by atoms with Crippen molar-refractivity contribution >= 4 is 26.7 Å². The van der Waals surface area contributed by atoms with Crippen molar-refractivity contribution in [2.24, 2.45) is 0 Å². The van der Waals surface area contributed by atoms with Crippen LogP contribution in [0.1, 0.15) is 0 Å². The third kappa shape index (κ3) is 3.19. The summed E-state index contributed by atoms with van der Waals surface area (Å²) in [6.07, 6.45) is -1.84. The summed E-state index contributed by atoms with van der Waals surface area (Å²) < 4.78 is 41.7. The Labute approximate surface area is 135 Å². The van der Waals surface area contributed by atoms with E-state index in [0.29, 0.717) is 21.1 Å². The molecule has 0 fully saturated rings. The molecule has 0 aliphatic rings. The van der Waals surface area contributed by atoms with Crippen molar-refractivity contribution in [3.63, 3.8) is 0 Å². The van der Waals surface area contributed by atoms with E-state index in [1.54, 1.807) is 6.07 Å². The molecular weight excluding hydrogens is 379 g/mol. The minimum absolute atomic E-state index is 0.302. The summed E-state index contributed by atoms with van der Waals surface area (Å²) in [7, 11) is 0. The first kappa shape index (κ1) is 15.5. The van der Waals surface area contributed by atoms with Gasteiger partial charge in [-0.1, -0.05) is 0 Å². The van der Waals surface area contributed by atoms with Gasteiger partial charge in [0.05, 0.1) is 11.1 Å². The first-order valence-corrected chi connectivity index (χ1v) is 7.03. The normalized spacial score (nSPS) is 11.7. The predicted molar refractivity (Wildman–Crippen MR) is 79.5 cm³/mol. The smallest absolute Gasteiger partial charge is 0.406 e. The molecule has 3 rings (SSSR count). The highest BCUT2D eigenvalue weighted by atomic mass is 79.9. The van der Waals surface area contributed by atoms with Gasteiger partial charge < -0.3 is 4.74 Å². The monoisotopic (exact) mass is 385 g/mol. The van der Waals surface area contributed by atoms with Crippen molar-refractivity contribution in [3.05, 3.63) is 57.7 Å². The molecule has 0 N–H and O–H groups in total. The Kier molecular flexibility index (Phi) is 3.80. The van der Waals surface area contributed by atoms with Gasteiger partial charge in [0.25, 0.3) is 5.56 Å². The number of pyridine rings is 1. The quantitative estimate of drug-likeness (QED) is 0.677. The Morgan fingerprint density at radius 3 is 2.43 bits per heavy atom. The van der Waals surface area contributed by atoms with Gasteiger partial charge in [-0.3, -0.25) is 9.78 Å². The van der Waals surface area contributed by atoms with Gasteiger partial charge in [-0.25, -0.2) is 0 Å². The minimum Gasteiger partial charge on any atom is -0.406 e. The van der Waals surface area contributed by atoms with Crippen LogP contribution < -0.4 is 10.3 Å². The molecule has 0 aliphatic carbocycles. The molecule has 0 amide bonds. The zero-order chi connectivity index (χ0) is 16.6. The molecule has 3 aromatic rings. The second-order valence-corrected chi connectivity index (χ2v) is 5.22. The van der Waals surface area contributed by atoms with Gasteiger partial charge in [-0.2, -0.15) is 9.78 Å². The number of ether oxygens (including phenoxy) is 1. The number of hydrogen-bond acceptors (Lipinski definition) is 4. The molecule has 0 saturated carbocycles. The molecule has 0 bridgehead atoms. The molecule has 5 nitrogen and oxygen atoms in total. The third-order valence-corrected chi connectivity index (χ3v) is 3.55. The number of aromatic nitrogens is 3. The summed E-state index contributed by atoms with van der Waals surface area (Å²) in [4.78, 5) is 16.3. The zero-order valence-electron chi connectivity index (χ0n) is 11.2. The third-order valence-electron chi connectivity index (χ3n) is 2.97. The van der Waals surface area contributed by atoms with Crippen LogP contribution >= 0.6 is 15.9 Å². The van der Waals surface area contributed by atoms with Gasteiger partial charge in [-0.05, 0) is 46.3 Å². The molecule has 0 radical (unpaired) electrons. The average Bonchev–Trinajstić information content (AvgIpc) is 2.50. The molecule has 0 saturated heterocycles. The van der Waals surface area contributed by atoms with E-state index in [0.717, 1.165) is 16.8 Å². The molecule has 2 aromatic heterocycles. The molecule has 0 spiro atoms. The highest BCUT2D eigenvalue weighted by molar-refractivity contribution is 9.10. The van der Waals surface area contributed by atoms with E-state index in [9.17, 15) is 18.0 Å². The maximum Gasteiger partial charge on any atom is 0.573 e. The fourth-order valence-electron chi connectivity index (χ4n) is 2.01. The van der Waals surface area contributed by atoms with Gasteiger partial charge >= 0.3 is 6.36 Å². The van der Waals surface area contributed by atoms with Gasteiger partial charge in [0.2, 0.25) is 0 Å². The molecule has 1 aromatic carbocycles. The number of rotatable bonds is 2. The van der Waals surface area contributed by atoms with Crippen molar-refractivity contribution in [1.29, 1.82) is 0 Å². The number of fused-ring (bicyclic) bond motifs is 1. The van der Waals surface area contributed by atoms with E-state index in [4.69, 9.17) is 0 Å². The van der Waals surface area contributed by atoms with E-state index in [-0.39, 0.29) is 5.75 Å². The van der Waals surface area contributed by atoms with Crippen molar-refractivity contribution in [2.45, 2.75) is 6.36 Å². The van der Waals surface area contributed by atoms with E-state index in [1.165, 1.54) is 24.5 Å². The number of alkyl halides is 3. The standard InChI is InChI=1S/C14H7BrF3N3O2/c15-12-10-5-6-19-7-11(10)13(22)21(20-12)8-1-3-9(4-2-8)23-14(16,17)18/h1-7H. The second kappa shape index (κ2) is 5.65. The van der Waals surface area contributed by atoms with Gasteiger partial charge in [0.15, 0.2) is 0 Å². The Morgan fingerprint density at radius 2 is 1.78 bits per heavy atom. The number of nitrogens with zero attached hydrogens (tertiary/aromatic N) is 3. The second-order valence-electron chi connectivity index (χ2n) is 4.47. The fourth-order valence-corrected chi connectivity index (χ4v) is 2.51. The van der Waals surface area contributed by atoms with Crippen LogP contribution in [0.15, 0.2) is 52.1 Å². The lowest BCUT2D eigenvalue weighted by Crippen LogP contribution is -2.22. The van der Waals surface area contributed by atoms with Crippen molar-refractivity contribution in [1.82, 2.24) is 14.8 Å². The fraction of sp³-hybridized carbons (Fsp3) is 0.0714. The maximum atomic E-state index is 12.4.